The molecule has 0 spiro atoms. The van der Waals surface area contributed by atoms with Crippen LogP contribution in [0.5, 0.6) is 5.75 Å². The van der Waals surface area contributed by atoms with Gasteiger partial charge in [-0.05, 0) is 42.0 Å². The summed E-state index contributed by atoms with van der Waals surface area (Å²) in [5, 5.41) is 9.65. The second-order valence-corrected chi connectivity index (χ2v) is 4.77. The molecule has 2 aromatic rings. The molecule has 1 heteroatoms. The Morgan fingerprint density at radius 1 is 1.00 bits per heavy atom. The van der Waals surface area contributed by atoms with Gasteiger partial charge in [-0.25, -0.2) is 0 Å². The van der Waals surface area contributed by atoms with Crippen LogP contribution in [-0.4, -0.2) is 5.11 Å². The van der Waals surface area contributed by atoms with E-state index < -0.39 is 0 Å². The molecule has 0 heterocycles. The van der Waals surface area contributed by atoms with Crippen LogP contribution in [0, 0.1) is 0 Å². The first-order valence-corrected chi connectivity index (χ1v) is 6.38. The number of hydrogen-bond acceptors (Lipinski definition) is 1. The van der Waals surface area contributed by atoms with Crippen molar-refractivity contribution in [3.63, 3.8) is 0 Å². The second-order valence-electron chi connectivity index (χ2n) is 4.77. The average Bonchev–Trinajstić information content (AvgIpc) is 2.35. The van der Waals surface area contributed by atoms with Crippen molar-refractivity contribution in [1.82, 2.24) is 0 Å². The van der Waals surface area contributed by atoms with Gasteiger partial charge in [-0.3, -0.25) is 0 Å². The number of aryl methyl sites for hydroxylation is 2. The predicted octanol–water partition coefficient (Wildman–Crippen LogP) is 3.75. The molecule has 0 bridgehead atoms. The number of rotatable bonds is 3. The van der Waals surface area contributed by atoms with Crippen molar-refractivity contribution in [2.75, 3.05) is 0 Å². The summed E-state index contributed by atoms with van der Waals surface area (Å²) in [6.45, 7) is 0. The van der Waals surface area contributed by atoms with Crippen LogP contribution in [0.2, 0.25) is 0 Å². The van der Waals surface area contributed by atoms with Gasteiger partial charge in [0.2, 0.25) is 0 Å². The summed E-state index contributed by atoms with van der Waals surface area (Å²) in [7, 11) is 0. The normalized spacial score (nSPS) is 13.3. The Hall–Kier alpha value is -2.02. The predicted molar refractivity (Wildman–Crippen MR) is 74.7 cm³/mol. The van der Waals surface area contributed by atoms with E-state index in [0.29, 0.717) is 5.75 Å². The van der Waals surface area contributed by atoms with E-state index in [4.69, 9.17) is 0 Å². The first-order chi connectivity index (χ1) is 8.83. The first-order valence-electron chi connectivity index (χ1n) is 6.38. The van der Waals surface area contributed by atoms with Gasteiger partial charge in [-0.15, -0.1) is 0 Å². The second kappa shape index (κ2) is 4.69. The quantitative estimate of drug-likeness (QED) is 0.860. The van der Waals surface area contributed by atoms with E-state index in [1.165, 1.54) is 29.5 Å². The van der Waals surface area contributed by atoms with Crippen molar-refractivity contribution in [3.8, 4) is 5.75 Å². The smallest absolute Gasteiger partial charge is 0.122 e. The fourth-order valence-electron chi connectivity index (χ4n) is 2.33. The van der Waals surface area contributed by atoms with E-state index in [0.717, 1.165) is 12.0 Å². The lowest BCUT2D eigenvalue weighted by molar-refractivity contribution is 0.474. The van der Waals surface area contributed by atoms with E-state index in [9.17, 15) is 5.11 Å². The Kier molecular flexibility index (Phi) is 2.89. The van der Waals surface area contributed by atoms with E-state index in [-0.39, 0.29) is 0 Å². The molecular formula is C17H16O. The first kappa shape index (κ1) is 11.1. The number of benzene rings is 2. The molecule has 0 aliphatic heterocycles. The Morgan fingerprint density at radius 2 is 1.83 bits per heavy atom. The Balaban J connectivity index is 1.70. The third kappa shape index (κ3) is 2.17. The van der Waals surface area contributed by atoms with Crippen molar-refractivity contribution < 1.29 is 5.11 Å². The maximum Gasteiger partial charge on any atom is 0.122 e. The molecule has 3 rings (SSSR count). The van der Waals surface area contributed by atoms with Gasteiger partial charge in [0.05, 0.1) is 0 Å². The van der Waals surface area contributed by atoms with Crippen LogP contribution in [0.15, 0.2) is 48.5 Å². The van der Waals surface area contributed by atoms with Crippen molar-refractivity contribution in [2.45, 2.75) is 19.3 Å². The van der Waals surface area contributed by atoms with Crippen LogP contribution in [0.1, 0.15) is 22.3 Å². The molecule has 90 valence electrons. The zero-order valence-corrected chi connectivity index (χ0v) is 10.3. The number of phenolic OH excluding ortho intramolecular Hbond substituents is 1. The molecule has 0 fully saturated rings. The lowest BCUT2D eigenvalue weighted by Gasteiger charge is -2.18. The van der Waals surface area contributed by atoms with Gasteiger partial charge in [-0.1, -0.05) is 48.6 Å². The highest BCUT2D eigenvalue weighted by Gasteiger charge is 2.11. The molecule has 0 saturated heterocycles. The molecule has 0 atom stereocenters. The van der Waals surface area contributed by atoms with Crippen molar-refractivity contribution in [1.29, 1.82) is 0 Å². The average molecular weight is 236 g/mol. The van der Waals surface area contributed by atoms with E-state index >= 15 is 0 Å². The maximum atomic E-state index is 9.65. The van der Waals surface area contributed by atoms with Crippen LogP contribution in [0.25, 0.3) is 6.08 Å². The molecule has 0 unspecified atom stereocenters. The van der Waals surface area contributed by atoms with Crippen LogP contribution in [0.4, 0.5) is 0 Å². The molecule has 0 aromatic heterocycles. The van der Waals surface area contributed by atoms with Crippen LogP contribution in [-0.2, 0) is 19.3 Å². The van der Waals surface area contributed by atoms with Gasteiger partial charge in [-0.2, -0.15) is 0 Å². The fourth-order valence-corrected chi connectivity index (χ4v) is 2.33. The Bertz CT molecular complexity index is 596. The number of phenols is 1. The summed E-state index contributed by atoms with van der Waals surface area (Å²) < 4.78 is 0. The minimum atomic E-state index is 0.339. The van der Waals surface area contributed by atoms with Gasteiger partial charge in [0.25, 0.3) is 0 Å². The number of para-hydroxylation sites is 1. The zero-order valence-electron chi connectivity index (χ0n) is 10.3. The number of allylic oxidation sites excluding steroid dienone is 1. The third-order valence-electron chi connectivity index (χ3n) is 3.52. The summed E-state index contributed by atoms with van der Waals surface area (Å²) in [5.74, 6) is 0.339. The van der Waals surface area contributed by atoms with Gasteiger partial charge in [0.1, 0.15) is 5.75 Å². The topological polar surface area (TPSA) is 20.2 Å². The van der Waals surface area contributed by atoms with Crippen LogP contribution in [0.3, 0.4) is 0 Å². The maximum absolute atomic E-state index is 9.65. The van der Waals surface area contributed by atoms with Crippen LogP contribution < -0.4 is 0 Å². The minimum absolute atomic E-state index is 0.339. The molecule has 1 N–H and O–H groups in total. The Labute approximate surface area is 107 Å². The molecule has 0 saturated carbocycles. The lowest BCUT2D eigenvalue weighted by Crippen LogP contribution is -2.08. The van der Waals surface area contributed by atoms with Gasteiger partial charge in [0.15, 0.2) is 0 Å². The fraction of sp³-hybridized carbons (Fsp3) is 0.176. The molecular weight excluding hydrogens is 220 g/mol. The molecule has 2 aromatic carbocycles. The standard InChI is InChI=1S/C17H16O/c18-17-7-2-1-5-15(17)6-3-4-13-8-9-14-10-11-16(14)12-13/h1-3,5-9,12,18H,4,10-11H2. The monoisotopic (exact) mass is 236 g/mol. The summed E-state index contributed by atoms with van der Waals surface area (Å²) in [5.41, 5.74) is 5.23. The molecule has 1 aliphatic carbocycles. The molecule has 0 radical (unpaired) electrons. The van der Waals surface area contributed by atoms with Crippen LogP contribution >= 0.6 is 0 Å². The van der Waals surface area contributed by atoms with E-state index in [1.807, 2.05) is 24.3 Å². The molecule has 0 amide bonds. The SMILES string of the molecule is Oc1ccccc1C=CCc1ccc2c(c1)CC2. The van der Waals surface area contributed by atoms with Gasteiger partial charge >= 0.3 is 0 Å². The number of hydrogen-bond donors (Lipinski definition) is 1. The van der Waals surface area contributed by atoms with Crippen molar-refractivity contribution >= 4 is 6.08 Å². The van der Waals surface area contributed by atoms with Crippen molar-refractivity contribution in [3.05, 3.63) is 70.8 Å². The number of fused-ring (bicyclic) bond motifs is 1. The summed E-state index contributed by atoms with van der Waals surface area (Å²) in [4.78, 5) is 0. The number of aromatic hydroxyl groups is 1. The highest BCUT2D eigenvalue weighted by molar-refractivity contribution is 5.56. The van der Waals surface area contributed by atoms with E-state index in [2.05, 4.69) is 24.3 Å². The Morgan fingerprint density at radius 3 is 2.56 bits per heavy atom. The zero-order chi connectivity index (χ0) is 12.4. The molecule has 1 aliphatic rings. The summed E-state index contributed by atoms with van der Waals surface area (Å²) in [6.07, 6.45) is 7.47. The lowest BCUT2D eigenvalue weighted by atomic mass is 9.87. The van der Waals surface area contributed by atoms with Gasteiger partial charge < -0.3 is 5.11 Å². The summed E-state index contributed by atoms with van der Waals surface area (Å²) >= 11 is 0. The van der Waals surface area contributed by atoms with E-state index in [1.54, 1.807) is 6.07 Å². The highest BCUT2D eigenvalue weighted by Crippen LogP contribution is 2.24. The van der Waals surface area contributed by atoms with Crippen molar-refractivity contribution in [2.24, 2.45) is 0 Å². The highest BCUT2D eigenvalue weighted by atomic mass is 16.3. The largest absolute Gasteiger partial charge is 0.507 e. The minimum Gasteiger partial charge on any atom is -0.507 e. The van der Waals surface area contributed by atoms with Gasteiger partial charge in [0, 0.05) is 5.56 Å². The third-order valence-corrected chi connectivity index (χ3v) is 3.52. The molecule has 1 nitrogen and oxygen atoms in total. The molecule has 18 heavy (non-hydrogen) atoms. The summed E-state index contributed by atoms with van der Waals surface area (Å²) in [6, 6.07) is 14.1.